The van der Waals surface area contributed by atoms with Gasteiger partial charge in [0.25, 0.3) is 5.69 Å². The molecule has 1 aromatic carbocycles. The minimum atomic E-state index is 0.705. The summed E-state index contributed by atoms with van der Waals surface area (Å²) in [5, 5.41) is 0.705. The van der Waals surface area contributed by atoms with Crippen LogP contribution in [-0.4, -0.2) is 4.68 Å². The van der Waals surface area contributed by atoms with Gasteiger partial charge in [0.15, 0.2) is 12.2 Å². The van der Waals surface area contributed by atoms with Gasteiger partial charge >= 0.3 is 0 Å². The molecule has 2 nitrogen and oxygen atoms in total. The van der Waals surface area contributed by atoms with Crippen LogP contribution in [0.1, 0.15) is 0 Å². The molecule has 0 radical (unpaired) electrons. The van der Waals surface area contributed by atoms with Crippen molar-refractivity contribution in [1.82, 2.24) is 4.68 Å². The van der Waals surface area contributed by atoms with Crippen LogP contribution in [-0.2, 0) is 14.1 Å². The third-order valence-corrected chi connectivity index (χ3v) is 3.91. The van der Waals surface area contributed by atoms with Gasteiger partial charge in [-0.25, -0.2) is 0 Å². The van der Waals surface area contributed by atoms with E-state index in [9.17, 15) is 0 Å². The summed E-state index contributed by atoms with van der Waals surface area (Å²) in [7, 11) is 3.92. The lowest BCUT2D eigenvalue weighted by atomic mass is 10.1. The topological polar surface area (TPSA) is 8.81 Å². The lowest BCUT2D eigenvalue weighted by Crippen LogP contribution is -2.38. The van der Waals surface area contributed by atoms with E-state index in [1.54, 1.807) is 0 Å². The Kier molecular flexibility index (Phi) is 2.85. The molecule has 0 aliphatic carbocycles. The fourth-order valence-electron chi connectivity index (χ4n) is 1.57. The van der Waals surface area contributed by atoms with Gasteiger partial charge in [0.1, 0.15) is 4.47 Å². The monoisotopic (exact) mass is 285 g/mol. The second-order valence-corrected chi connectivity index (χ2v) is 4.52. The van der Waals surface area contributed by atoms with Crippen LogP contribution in [0.2, 0.25) is 5.15 Å². The van der Waals surface area contributed by atoms with E-state index in [0.717, 1.165) is 15.7 Å². The smallest absolute Gasteiger partial charge is 0.144 e. The summed E-state index contributed by atoms with van der Waals surface area (Å²) in [5.74, 6) is 0. The summed E-state index contributed by atoms with van der Waals surface area (Å²) in [5.41, 5.74) is 2.23. The zero-order chi connectivity index (χ0) is 11.0. The maximum absolute atomic E-state index is 6.15. The molecule has 15 heavy (non-hydrogen) atoms. The molecule has 2 aromatic rings. The number of benzene rings is 1. The molecule has 78 valence electrons. The summed E-state index contributed by atoms with van der Waals surface area (Å²) in [6.45, 7) is 0. The Bertz CT molecular complexity index is 466. The van der Waals surface area contributed by atoms with Gasteiger partial charge in [-0.2, -0.15) is 0 Å². The van der Waals surface area contributed by atoms with Gasteiger partial charge < -0.3 is 0 Å². The molecule has 1 aromatic heterocycles. The van der Waals surface area contributed by atoms with Crippen molar-refractivity contribution in [3.63, 3.8) is 0 Å². The number of nitrogens with zero attached hydrogens (tertiary/aromatic N) is 2. The number of halogens is 2. The third-order valence-electron chi connectivity index (χ3n) is 2.49. The van der Waals surface area contributed by atoms with E-state index < -0.39 is 0 Å². The molecule has 0 bridgehead atoms. The molecular formula is C11H11BrClN2+. The molecule has 2 rings (SSSR count). The van der Waals surface area contributed by atoms with Crippen LogP contribution in [0.25, 0.3) is 11.3 Å². The second kappa shape index (κ2) is 3.99. The van der Waals surface area contributed by atoms with Crippen molar-refractivity contribution in [2.24, 2.45) is 14.1 Å². The summed E-state index contributed by atoms with van der Waals surface area (Å²) in [6, 6.07) is 10.2. The fourth-order valence-corrected chi connectivity index (χ4v) is 2.52. The Hall–Kier alpha value is -0.800. The Morgan fingerprint density at radius 1 is 1.27 bits per heavy atom. The van der Waals surface area contributed by atoms with Crippen molar-refractivity contribution < 1.29 is 4.68 Å². The van der Waals surface area contributed by atoms with Gasteiger partial charge in [-0.3, -0.25) is 0 Å². The minimum absolute atomic E-state index is 0.705. The molecule has 0 fully saturated rings. The molecule has 0 spiro atoms. The molecule has 0 amide bonds. The van der Waals surface area contributed by atoms with E-state index in [1.165, 1.54) is 0 Å². The maximum Gasteiger partial charge on any atom is 0.254 e. The predicted octanol–water partition coefficient (Wildman–Crippen LogP) is 2.93. The van der Waals surface area contributed by atoms with Gasteiger partial charge in [-0.05, 0) is 28.1 Å². The van der Waals surface area contributed by atoms with E-state index in [4.69, 9.17) is 11.6 Å². The molecule has 0 saturated heterocycles. The van der Waals surface area contributed by atoms with E-state index in [-0.39, 0.29) is 0 Å². The van der Waals surface area contributed by atoms with Crippen LogP contribution in [0.5, 0.6) is 0 Å². The molecule has 0 aliphatic heterocycles. The third kappa shape index (κ3) is 1.70. The Morgan fingerprint density at radius 3 is 2.33 bits per heavy atom. The molecular weight excluding hydrogens is 275 g/mol. The number of hydrogen-bond acceptors (Lipinski definition) is 0. The maximum atomic E-state index is 6.15. The Morgan fingerprint density at radius 2 is 1.87 bits per heavy atom. The highest BCUT2D eigenvalue weighted by Crippen LogP contribution is 2.31. The van der Waals surface area contributed by atoms with Crippen LogP contribution in [0.4, 0.5) is 0 Å². The van der Waals surface area contributed by atoms with Crippen molar-refractivity contribution in [3.05, 3.63) is 40.0 Å². The van der Waals surface area contributed by atoms with Crippen molar-refractivity contribution >= 4 is 27.5 Å². The zero-order valence-electron chi connectivity index (χ0n) is 8.54. The fraction of sp³-hybridized carbons (Fsp3) is 0.182. The van der Waals surface area contributed by atoms with E-state index in [1.807, 2.05) is 41.7 Å². The molecule has 0 N–H and O–H groups in total. The lowest BCUT2D eigenvalue weighted by molar-refractivity contribution is -0.741. The van der Waals surface area contributed by atoms with Gasteiger partial charge in [-0.1, -0.05) is 29.8 Å². The van der Waals surface area contributed by atoms with Gasteiger partial charge in [0.2, 0.25) is 0 Å². The standard InChI is InChI=1S/C11H11BrClN2/c1-14-10(8-6-4-3-5-7-8)9(12)11(13)15(14)2/h3-7H,1-2H3/q+1. The SMILES string of the molecule is Cn1c(Cl)c(Br)c(-c2ccccc2)[n+]1C. The molecule has 1 heterocycles. The predicted molar refractivity (Wildman–Crippen MR) is 64.7 cm³/mol. The normalized spacial score (nSPS) is 10.7. The molecule has 0 saturated carbocycles. The van der Waals surface area contributed by atoms with Gasteiger partial charge in [0.05, 0.1) is 7.05 Å². The average molecular weight is 287 g/mol. The molecule has 0 atom stereocenters. The second-order valence-electron chi connectivity index (χ2n) is 3.37. The van der Waals surface area contributed by atoms with Crippen LogP contribution in [0.15, 0.2) is 34.8 Å². The largest absolute Gasteiger partial charge is 0.254 e. The molecule has 4 heteroatoms. The van der Waals surface area contributed by atoms with Crippen molar-refractivity contribution in [3.8, 4) is 11.3 Å². The highest BCUT2D eigenvalue weighted by atomic mass is 79.9. The number of hydrogen-bond donors (Lipinski definition) is 0. The number of aromatic nitrogens is 2. The molecule has 0 unspecified atom stereocenters. The Labute approximate surface area is 102 Å². The summed E-state index contributed by atoms with van der Waals surface area (Å²) in [4.78, 5) is 0. The first-order valence-electron chi connectivity index (χ1n) is 4.58. The van der Waals surface area contributed by atoms with Crippen LogP contribution >= 0.6 is 27.5 Å². The van der Waals surface area contributed by atoms with Crippen molar-refractivity contribution in [1.29, 1.82) is 0 Å². The minimum Gasteiger partial charge on any atom is -0.144 e. The van der Waals surface area contributed by atoms with Crippen molar-refractivity contribution in [2.45, 2.75) is 0 Å². The van der Waals surface area contributed by atoms with E-state index in [0.29, 0.717) is 5.15 Å². The van der Waals surface area contributed by atoms with Gasteiger partial charge in [0, 0.05) is 5.56 Å². The summed E-state index contributed by atoms with van der Waals surface area (Å²) >= 11 is 9.66. The Balaban J connectivity index is 2.69. The first kappa shape index (κ1) is 10.7. The first-order chi connectivity index (χ1) is 7.13. The lowest BCUT2D eigenvalue weighted by Gasteiger charge is -1.95. The quantitative estimate of drug-likeness (QED) is 0.713. The van der Waals surface area contributed by atoms with E-state index in [2.05, 4.69) is 28.1 Å². The van der Waals surface area contributed by atoms with E-state index >= 15 is 0 Å². The van der Waals surface area contributed by atoms with Crippen molar-refractivity contribution in [2.75, 3.05) is 0 Å². The zero-order valence-corrected chi connectivity index (χ0v) is 10.9. The highest BCUT2D eigenvalue weighted by Gasteiger charge is 2.24. The van der Waals surface area contributed by atoms with Crippen LogP contribution in [0, 0.1) is 0 Å². The first-order valence-corrected chi connectivity index (χ1v) is 5.75. The highest BCUT2D eigenvalue weighted by molar-refractivity contribution is 9.10. The summed E-state index contributed by atoms with van der Waals surface area (Å²) < 4.78 is 4.84. The van der Waals surface area contributed by atoms with Crippen LogP contribution < -0.4 is 4.68 Å². The van der Waals surface area contributed by atoms with Crippen LogP contribution in [0.3, 0.4) is 0 Å². The number of rotatable bonds is 1. The van der Waals surface area contributed by atoms with Gasteiger partial charge in [-0.15, -0.1) is 9.36 Å². The summed E-state index contributed by atoms with van der Waals surface area (Å²) in [6.07, 6.45) is 0. The molecule has 0 aliphatic rings. The average Bonchev–Trinajstić information content (AvgIpc) is 2.45.